The molecule has 1 aromatic heterocycles. The summed E-state index contributed by atoms with van der Waals surface area (Å²) in [6.07, 6.45) is 0. The number of allylic oxidation sites excluding steroid dienone is 1. The highest BCUT2D eigenvalue weighted by atomic mass is 32.2. The van der Waals surface area contributed by atoms with Gasteiger partial charge in [0.15, 0.2) is 23.1 Å². The Hall–Kier alpha value is -3.79. The van der Waals surface area contributed by atoms with Crippen LogP contribution in [0.15, 0.2) is 52.5 Å². The third-order valence-electron chi connectivity index (χ3n) is 5.06. The largest absolute Gasteiger partial charge is 0.497 e. The van der Waals surface area contributed by atoms with E-state index in [2.05, 4.69) is 10.2 Å². The summed E-state index contributed by atoms with van der Waals surface area (Å²) >= 11 is 1.16. The summed E-state index contributed by atoms with van der Waals surface area (Å²) in [6, 6.07) is 12.5. The van der Waals surface area contributed by atoms with Crippen molar-refractivity contribution in [3.8, 4) is 28.6 Å². The maximum absolute atomic E-state index is 13.0. The van der Waals surface area contributed by atoms with Gasteiger partial charge in [-0.25, -0.2) is 5.01 Å². The van der Waals surface area contributed by atoms with Gasteiger partial charge in [-0.05, 0) is 61.2 Å². The van der Waals surface area contributed by atoms with Gasteiger partial charge in [-0.15, -0.1) is 10.2 Å². The SMILES string of the molecule is COc1ccc(-c2nnc3n2N(C(C)=O)C(c2ccc(OC)c(OC)c2)=C(C(C)=O)S3)cc1. The number of aromatic nitrogens is 3. The van der Waals surface area contributed by atoms with Gasteiger partial charge in [0.25, 0.3) is 0 Å². The molecule has 170 valence electrons. The second-order valence-electron chi connectivity index (χ2n) is 7.08. The molecule has 1 amide bonds. The lowest BCUT2D eigenvalue weighted by atomic mass is 10.1. The molecule has 10 heteroatoms. The van der Waals surface area contributed by atoms with Crippen molar-refractivity contribution in [3.63, 3.8) is 0 Å². The number of hydrogen-bond donors (Lipinski definition) is 0. The standard InChI is InChI=1S/C23H22N4O5S/c1-13(28)21-20(16-8-11-18(31-4)19(12-16)32-5)26(14(2)29)27-22(24-25-23(27)33-21)15-6-9-17(30-3)10-7-15/h6-12H,1-5H3. The molecular formula is C23H22N4O5S. The predicted molar refractivity (Wildman–Crippen MR) is 124 cm³/mol. The van der Waals surface area contributed by atoms with E-state index in [1.165, 1.54) is 26.0 Å². The molecule has 2 heterocycles. The number of Topliss-reactive ketones (excluding diaryl/α,β-unsaturated/α-hetero) is 1. The van der Waals surface area contributed by atoms with Crippen molar-refractivity contribution in [2.24, 2.45) is 0 Å². The molecule has 0 spiro atoms. The number of fused-ring (bicyclic) bond motifs is 1. The molecule has 0 radical (unpaired) electrons. The molecule has 0 bridgehead atoms. The van der Waals surface area contributed by atoms with E-state index < -0.39 is 0 Å². The van der Waals surface area contributed by atoms with Crippen molar-refractivity contribution in [1.29, 1.82) is 0 Å². The molecule has 0 saturated heterocycles. The van der Waals surface area contributed by atoms with E-state index in [9.17, 15) is 9.59 Å². The van der Waals surface area contributed by atoms with Crippen LogP contribution in [0.4, 0.5) is 0 Å². The second kappa shape index (κ2) is 8.99. The third kappa shape index (κ3) is 3.93. The number of methoxy groups -OCH3 is 3. The molecule has 1 aliphatic heterocycles. The maximum atomic E-state index is 13.0. The molecule has 33 heavy (non-hydrogen) atoms. The monoisotopic (exact) mass is 466 g/mol. The Labute approximate surface area is 194 Å². The molecule has 2 aromatic carbocycles. The first-order chi connectivity index (χ1) is 15.9. The Morgan fingerprint density at radius 1 is 0.848 bits per heavy atom. The fourth-order valence-corrected chi connectivity index (χ4v) is 4.50. The van der Waals surface area contributed by atoms with Crippen molar-refractivity contribution >= 4 is 29.1 Å². The summed E-state index contributed by atoms with van der Waals surface area (Å²) in [4.78, 5) is 26.0. The average Bonchev–Trinajstić information content (AvgIpc) is 3.25. The summed E-state index contributed by atoms with van der Waals surface area (Å²) in [5.74, 6) is 1.65. The molecule has 0 unspecified atom stereocenters. The van der Waals surface area contributed by atoms with Gasteiger partial charge < -0.3 is 14.2 Å². The highest BCUT2D eigenvalue weighted by Crippen LogP contribution is 2.42. The third-order valence-corrected chi connectivity index (χ3v) is 6.18. The van der Waals surface area contributed by atoms with Gasteiger partial charge in [0.2, 0.25) is 11.1 Å². The van der Waals surface area contributed by atoms with E-state index in [-0.39, 0.29) is 11.7 Å². The molecule has 4 rings (SSSR count). The molecule has 0 fully saturated rings. The fourth-order valence-electron chi connectivity index (χ4n) is 3.54. The molecule has 1 aliphatic rings. The zero-order chi connectivity index (χ0) is 23.7. The first kappa shape index (κ1) is 22.4. The van der Waals surface area contributed by atoms with Crippen LogP contribution in [0.3, 0.4) is 0 Å². The second-order valence-corrected chi connectivity index (χ2v) is 8.06. The predicted octanol–water partition coefficient (Wildman–Crippen LogP) is 3.52. The van der Waals surface area contributed by atoms with Crippen LogP contribution in [0.25, 0.3) is 17.1 Å². The van der Waals surface area contributed by atoms with Crippen LogP contribution in [-0.4, -0.2) is 47.9 Å². The number of rotatable bonds is 6. The lowest BCUT2D eigenvalue weighted by Crippen LogP contribution is -2.41. The van der Waals surface area contributed by atoms with E-state index in [0.717, 1.165) is 17.3 Å². The number of amides is 1. The highest BCUT2D eigenvalue weighted by molar-refractivity contribution is 8.04. The van der Waals surface area contributed by atoms with Gasteiger partial charge in [0.1, 0.15) is 5.75 Å². The Balaban J connectivity index is 1.93. The quantitative estimate of drug-likeness (QED) is 0.545. The van der Waals surface area contributed by atoms with Crippen LogP contribution in [0.5, 0.6) is 17.2 Å². The topological polar surface area (TPSA) is 95.8 Å². The number of carbonyl (C=O) groups excluding carboxylic acids is 2. The van der Waals surface area contributed by atoms with E-state index in [0.29, 0.717) is 44.4 Å². The van der Waals surface area contributed by atoms with Gasteiger partial charge >= 0.3 is 0 Å². The van der Waals surface area contributed by atoms with Crippen LogP contribution in [0.2, 0.25) is 0 Å². The zero-order valence-electron chi connectivity index (χ0n) is 18.8. The Bertz CT molecular complexity index is 1270. The summed E-state index contributed by atoms with van der Waals surface area (Å²) in [6.45, 7) is 2.88. The number of thioether (sulfide) groups is 1. The number of ether oxygens (including phenoxy) is 3. The molecule has 0 N–H and O–H groups in total. The summed E-state index contributed by atoms with van der Waals surface area (Å²) < 4.78 is 17.6. The fraction of sp³-hybridized carbons (Fsp3) is 0.217. The number of hydrogen-bond acceptors (Lipinski definition) is 8. The minimum atomic E-state index is -0.311. The Kier molecular flexibility index (Phi) is 6.10. The molecule has 0 aliphatic carbocycles. The molecule has 0 atom stereocenters. The van der Waals surface area contributed by atoms with Crippen LogP contribution in [-0.2, 0) is 9.59 Å². The van der Waals surface area contributed by atoms with Gasteiger partial charge in [0, 0.05) is 18.1 Å². The minimum absolute atomic E-state index is 0.198. The van der Waals surface area contributed by atoms with Gasteiger partial charge in [-0.2, -0.15) is 4.68 Å². The smallest absolute Gasteiger partial charge is 0.243 e. The first-order valence-electron chi connectivity index (χ1n) is 9.95. The summed E-state index contributed by atoms with van der Waals surface area (Å²) in [7, 11) is 4.66. The van der Waals surface area contributed by atoms with Crippen LogP contribution >= 0.6 is 11.8 Å². The molecule has 3 aromatic rings. The van der Waals surface area contributed by atoms with E-state index in [4.69, 9.17) is 14.2 Å². The van der Waals surface area contributed by atoms with E-state index in [1.54, 1.807) is 49.2 Å². The van der Waals surface area contributed by atoms with Gasteiger partial charge in [-0.1, -0.05) is 0 Å². The molecule has 0 saturated carbocycles. The van der Waals surface area contributed by atoms with Crippen molar-refractivity contribution in [2.45, 2.75) is 19.0 Å². The number of ketones is 1. The number of nitrogens with zero attached hydrogens (tertiary/aromatic N) is 4. The van der Waals surface area contributed by atoms with Crippen LogP contribution < -0.4 is 19.2 Å². The number of benzene rings is 2. The normalized spacial score (nSPS) is 12.9. The van der Waals surface area contributed by atoms with Gasteiger partial charge in [0.05, 0.1) is 31.9 Å². The first-order valence-corrected chi connectivity index (χ1v) is 10.8. The van der Waals surface area contributed by atoms with Crippen LogP contribution in [0.1, 0.15) is 19.4 Å². The Morgan fingerprint density at radius 2 is 1.52 bits per heavy atom. The average molecular weight is 467 g/mol. The lowest BCUT2D eigenvalue weighted by Gasteiger charge is -2.32. The highest BCUT2D eigenvalue weighted by Gasteiger charge is 2.35. The number of carbonyl (C=O) groups is 2. The zero-order valence-corrected chi connectivity index (χ0v) is 19.6. The lowest BCUT2D eigenvalue weighted by molar-refractivity contribution is -0.117. The molecular weight excluding hydrogens is 444 g/mol. The van der Waals surface area contributed by atoms with Crippen molar-refractivity contribution in [2.75, 3.05) is 26.3 Å². The van der Waals surface area contributed by atoms with Crippen molar-refractivity contribution in [3.05, 3.63) is 52.9 Å². The Morgan fingerprint density at radius 3 is 2.09 bits per heavy atom. The summed E-state index contributed by atoms with van der Waals surface area (Å²) in [5.41, 5.74) is 1.77. The van der Waals surface area contributed by atoms with E-state index >= 15 is 0 Å². The van der Waals surface area contributed by atoms with Crippen LogP contribution in [0, 0.1) is 0 Å². The van der Waals surface area contributed by atoms with Gasteiger partial charge in [-0.3, -0.25) is 9.59 Å². The van der Waals surface area contributed by atoms with E-state index in [1.807, 2.05) is 12.1 Å². The van der Waals surface area contributed by atoms with Crippen molar-refractivity contribution in [1.82, 2.24) is 14.9 Å². The molecule has 9 nitrogen and oxygen atoms in total. The summed E-state index contributed by atoms with van der Waals surface area (Å²) in [5, 5.41) is 10.4. The maximum Gasteiger partial charge on any atom is 0.243 e. The van der Waals surface area contributed by atoms with Crippen molar-refractivity contribution < 1.29 is 23.8 Å². The minimum Gasteiger partial charge on any atom is -0.497 e.